The number of piperidine rings is 1. The van der Waals surface area contributed by atoms with Crippen molar-refractivity contribution in [1.82, 2.24) is 4.90 Å². The molecule has 2 aromatic carbocycles. The van der Waals surface area contributed by atoms with Crippen LogP contribution < -0.4 is 25.3 Å². The first-order valence-electron chi connectivity index (χ1n) is 11.1. The van der Waals surface area contributed by atoms with E-state index >= 15 is 0 Å². The third kappa shape index (κ3) is 6.38. The van der Waals surface area contributed by atoms with Crippen molar-refractivity contribution in [3.05, 3.63) is 47.5 Å². The molecule has 3 rings (SSSR count). The number of primary amides is 1. The lowest BCUT2D eigenvalue weighted by Gasteiger charge is -2.30. The van der Waals surface area contributed by atoms with Crippen molar-refractivity contribution in [2.75, 3.05) is 39.7 Å². The quantitative estimate of drug-likeness (QED) is 0.571. The van der Waals surface area contributed by atoms with Gasteiger partial charge in [-0.1, -0.05) is 18.2 Å². The molecule has 0 bridgehead atoms. The predicted octanol–water partition coefficient (Wildman–Crippen LogP) is 2.98. The highest BCUT2D eigenvalue weighted by molar-refractivity contribution is 5.91. The van der Waals surface area contributed by atoms with Crippen LogP contribution in [0.4, 0.5) is 5.69 Å². The first-order chi connectivity index (χ1) is 15.9. The van der Waals surface area contributed by atoms with Crippen molar-refractivity contribution in [3.63, 3.8) is 0 Å². The Labute approximate surface area is 195 Å². The van der Waals surface area contributed by atoms with Crippen molar-refractivity contribution in [1.29, 1.82) is 0 Å². The molecule has 0 atom stereocenters. The number of rotatable bonds is 10. The molecule has 33 heavy (non-hydrogen) atoms. The molecule has 0 radical (unpaired) electrons. The normalized spacial score (nSPS) is 14.5. The zero-order chi connectivity index (χ0) is 23.8. The summed E-state index contributed by atoms with van der Waals surface area (Å²) < 4.78 is 16.2. The van der Waals surface area contributed by atoms with E-state index in [1.54, 1.807) is 21.3 Å². The highest BCUT2D eigenvalue weighted by Gasteiger charge is 2.23. The fraction of sp³-hybridized carbons (Fsp3) is 0.440. The van der Waals surface area contributed by atoms with Crippen LogP contribution in [0.25, 0.3) is 0 Å². The second kappa shape index (κ2) is 11.6. The molecule has 0 aliphatic carbocycles. The van der Waals surface area contributed by atoms with E-state index in [1.165, 1.54) is 0 Å². The summed E-state index contributed by atoms with van der Waals surface area (Å²) >= 11 is 0. The van der Waals surface area contributed by atoms with Gasteiger partial charge in [-0.15, -0.1) is 0 Å². The zero-order valence-electron chi connectivity index (χ0n) is 19.6. The van der Waals surface area contributed by atoms with Crippen molar-refractivity contribution in [2.45, 2.75) is 32.2 Å². The SMILES string of the molecule is COc1ccc(CCC(=O)Nc2cccc(CN3CCC(C(N)=O)CC3)c2)c(OC)c1OC. The topological polar surface area (TPSA) is 103 Å². The largest absolute Gasteiger partial charge is 0.493 e. The summed E-state index contributed by atoms with van der Waals surface area (Å²) in [5, 5.41) is 2.99. The average Bonchev–Trinajstić information content (AvgIpc) is 2.82. The van der Waals surface area contributed by atoms with Gasteiger partial charge < -0.3 is 25.3 Å². The van der Waals surface area contributed by atoms with E-state index in [2.05, 4.69) is 10.2 Å². The molecule has 8 heteroatoms. The van der Waals surface area contributed by atoms with Gasteiger partial charge in [0.05, 0.1) is 21.3 Å². The Morgan fingerprint density at radius 3 is 2.39 bits per heavy atom. The fourth-order valence-electron chi connectivity index (χ4n) is 4.21. The molecule has 2 amide bonds. The van der Waals surface area contributed by atoms with Gasteiger partial charge in [0.1, 0.15) is 0 Å². The summed E-state index contributed by atoms with van der Waals surface area (Å²) in [5.74, 6) is 1.38. The number of nitrogens with one attached hydrogen (secondary N) is 1. The summed E-state index contributed by atoms with van der Waals surface area (Å²) in [4.78, 5) is 26.3. The summed E-state index contributed by atoms with van der Waals surface area (Å²) in [6, 6.07) is 11.6. The van der Waals surface area contributed by atoms with Gasteiger partial charge in [0.15, 0.2) is 11.5 Å². The van der Waals surface area contributed by atoms with Crippen molar-refractivity contribution in [2.24, 2.45) is 11.7 Å². The molecule has 1 fully saturated rings. The highest BCUT2D eigenvalue weighted by atomic mass is 16.5. The molecule has 0 spiro atoms. The van der Waals surface area contributed by atoms with Crippen LogP contribution in [-0.2, 0) is 22.6 Å². The van der Waals surface area contributed by atoms with E-state index in [9.17, 15) is 9.59 Å². The Bertz CT molecular complexity index is 971. The first-order valence-corrected chi connectivity index (χ1v) is 11.1. The minimum Gasteiger partial charge on any atom is -0.493 e. The minimum absolute atomic E-state index is 0.0174. The number of amides is 2. The molecule has 2 aromatic rings. The summed E-state index contributed by atoms with van der Waals surface area (Å²) in [6.07, 6.45) is 2.40. The Balaban J connectivity index is 1.56. The number of hydrogen-bond acceptors (Lipinski definition) is 6. The van der Waals surface area contributed by atoms with Crippen LogP contribution in [0.2, 0.25) is 0 Å². The maximum absolute atomic E-state index is 12.6. The molecular formula is C25H33N3O5. The van der Waals surface area contributed by atoms with Crippen LogP contribution in [0.3, 0.4) is 0 Å². The Morgan fingerprint density at radius 1 is 1.03 bits per heavy atom. The number of aryl methyl sites for hydroxylation is 1. The summed E-state index contributed by atoms with van der Waals surface area (Å²) in [5.41, 5.74) is 8.18. The molecule has 0 unspecified atom stereocenters. The van der Waals surface area contributed by atoms with Crippen molar-refractivity contribution >= 4 is 17.5 Å². The fourth-order valence-corrected chi connectivity index (χ4v) is 4.21. The first kappa shape index (κ1) is 24.4. The third-order valence-corrected chi connectivity index (χ3v) is 6.01. The Hall–Kier alpha value is -3.26. The third-order valence-electron chi connectivity index (χ3n) is 6.01. The predicted molar refractivity (Wildman–Crippen MR) is 127 cm³/mol. The van der Waals surface area contributed by atoms with E-state index < -0.39 is 0 Å². The Morgan fingerprint density at radius 2 is 1.76 bits per heavy atom. The van der Waals surface area contributed by atoms with Gasteiger partial charge in [-0.05, 0) is 61.7 Å². The zero-order valence-corrected chi connectivity index (χ0v) is 19.6. The van der Waals surface area contributed by atoms with E-state index in [0.717, 1.165) is 49.3 Å². The van der Waals surface area contributed by atoms with E-state index in [-0.39, 0.29) is 17.7 Å². The van der Waals surface area contributed by atoms with Crippen LogP contribution in [0.5, 0.6) is 17.2 Å². The molecule has 8 nitrogen and oxygen atoms in total. The number of methoxy groups -OCH3 is 3. The molecule has 1 aliphatic rings. The number of benzene rings is 2. The van der Waals surface area contributed by atoms with Gasteiger partial charge in [-0.2, -0.15) is 0 Å². The smallest absolute Gasteiger partial charge is 0.224 e. The molecule has 0 aromatic heterocycles. The minimum atomic E-state index is -0.204. The highest BCUT2D eigenvalue weighted by Crippen LogP contribution is 2.40. The van der Waals surface area contributed by atoms with Crippen LogP contribution >= 0.6 is 0 Å². The summed E-state index contributed by atoms with van der Waals surface area (Å²) in [7, 11) is 4.70. The van der Waals surface area contributed by atoms with Gasteiger partial charge in [0, 0.05) is 24.6 Å². The molecule has 3 N–H and O–H groups in total. The number of anilines is 1. The number of carbonyl (C=O) groups excluding carboxylic acids is 2. The number of hydrogen-bond donors (Lipinski definition) is 2. The molecule has 1 aliphatic heterocycles. The molecule has 1 saturated heterocycles. The number of likely N-dealkylation sites (tertiary alicyclic amines) is 1. The second-order valence-electron chi connectivity index (χ2n) is 8.19. The monoisotopic (exact) mass is 455 g/mol. The summed E-state index contributed by atoms with van der Waals surface area (Å²) in [6.45, 7) is 2.47. The lowest BCUT2D eigenvalue weighted by molar-refractivity contribution is -0.123. The number of nitrogens with zero attached hydrogens (tertiary/aromatic N) is 1. The van der Waals surface area contributed by atoms with Gasteiger partial charge >= 0.3 is 0 Å². The van der Waals surface area contributed by atoms with Gasteiger partial charge in [-0.25, -0.2) is 0 Å². The van der Waals surface area contributed by atoms with Gasteiger partial charge in [0.25, 0.3) is 0 Å². The second-order valence-corrected chi connectivity index (χ2v) is 8.19. The molecule has 1 heterocycles. The Kier molecular flexibility index (Phi) is 8.54. The van der Waals surface area contributed by atoms with E-state index in [4.69, 9.17) is 19.9 Å². The maximum Gasteiger partial charge on any atom is 0.224 e. The van der Waals surface area contributed by atoms with Crippen LogP contribution in [-0.4, -0.2) is 51.1 Å². The average molecular weight is 456 g/mol. The number of nitrogens with two attached hydrogens (primary N) is 1. The van der Waals surface area contributed by atoms with Crippen molar-refractivity contribution < 1.29 is 23.8 Å². The van der Waals surface area contributed by atoms with Crippen molar-refractivity contribution in [3.8, 4) is 17.2 Å². The van der Waals surface area contributed by atoms with Crippen LogP contribution in [0, 0.1) is 5.92 Å². The van der Waals surface area contributed by atoms with Gasteiger partial charge in [-0.3, -0.25) is 14.5 Å². The van der Waals surface area contributed by atoms with Gasteiger partial charge in [0.2, 0.25) is 17.6 Å². The van der Waals surface area contributed by atoms with E-state index in [1.807, 2.05) is 36.4 Å². The molecule has 178 valence electrons. The standard InChI is InChI=1S/C25H33N3O5/c1-31-21-9-7-18(23(32-2)24(21)33-3)8-10-22(29)27-20-6-4-5-17(15-20)16-28-13-11-19(12-14-28)25(26)30/h4-7,9,15,19H,8,10-14,16H2,1-3H3,(H2,26,30)(H,27,29). The lowest BCUT2D eigenvalue weighted by Crippen LogP contribution is -2.38. The maximum atomic E-state index is 12.6. The molecular weight excluding hydrogens is 422 g/mol. The lowest BCUT2D eigenvalue weighted by atomic mass is 9.96. The van der Waals surface area contributed by atoms with Crippen LogP contribution in [0.1, 0.15) is 30.4 Å². The van der Waals surface area contributed by atoms with E-state index in [0.29, 0.717) is 30.1 Å². The number of ether oxygens (including phenoxy) is 3. The molecule has 0 saturated carbocycles. The van der Waals surface area contributed by atoms with Crippen LogP contribution in [0.15, 0.2) is 36.4 Å². The number of carbonyl (C=O) groups is 2.